The first kappa shape index (κ1) is 13.9. The highest BCUT2D eigenvalue weighted by atomic mass is 19.3. The molecule has 2 amide bonds. The summed E-state index contributed by atoms with van der Waals surface area (Å²) in [7, 11) is 1.34. The lowest BCUT2D eigenvalue weighted by Gasteiger charge is -2.12. The van der Waals surface area contributed by atoms with E-state index in [1.165, 1.54) is 32.2 Å². The van der Waals surface area contributed by atoms with E-state index >= 15 is 0 Å². The molecule has 5 nitrogen and oxygen atoms in total. The molecule has 0 spiro atoms. The van der Waals surface area contributed by atoms with Gasteiger partial charge in [-0.3, -0.25) is 9.59 Å². The highest BCUT2D eigenvalue weighted by Crippen LogP contribution is 2.28. The van der Waals surface area contributed by atoms with Crippen LogP contribution in [-0.4, -0.2) is 25.3 Å². The lowest BCUT2D eigenvalue weighted by atomic mass is 10.2. The monoisotopic (exact) mass is 258 g/mol. The number of anilines is 2. The Morgan fingerprint density at radius 1 is 1.28 bits per heavy atom. The van der Waals surface area contributed by atoms with Crippen LogP contribution < -0.4 is 15.4 Å². The van der Waals surface area contributed by atoms with E-state index in [0.717, 1.165) is 0 Å². The Bertz CT molecular complexity index is 464. The van der Waals surface area contributed by atoms with Gasteiger partial charge in [0.2, 0.25) is 5.91 Å². The molecule has 0 unspecified atom stereocenters. The molecule has 18 heavy (non-hydrogen) atoms. The van der Waals surface area contributed by atoms with E-state index in [0.29, 0.717) is 5.69 Å². The number of carbonyl (C=O) groups excluding carboxylic acids is 2. The number of benzene rings is 1. The summed E-state index contributed by atoms with van der Waals surface area (Å²) >= 11 is 0. The van der Waals surface area contributed by atoms with Crippen molar-refractivity contribution < 1.29 is 23.1 Å². The first-order chi connectivity index (χ1) is 8.43. The van der Waals surface area contributed by atoms with Crippen molar-refractivity contribution >= 4 is 23.2 Å². The fourth-order valence-electron chi connectivity index (χ4n) is 1.27. The number of ether oxygens (including phenoxy) is 1. The number of methoxy groups -OCH3 is 1. The van der Waals surface area contributed by atoms with Crippen molar-refractivity contribution in [1.29, 1.82) is 0 Å². The fraction of sp³-hybridized carbons (Fsp3) is 0.273. The molecule has 0 aliphatic carbocycles. The standard InChI is InChI=1S/C11H12F2N2O3/c1-6(16)14-7-3-4-9(18-2)8(5-7)15-11(17)10(12)13/h3-5,10H,1-2H3,(H,14,16)(H,15,17). The maximum Gasteiger partial charge on any atom is 0.315 e. The molecule has 0 radical (unpaired) electrons. The first-order valence-corrected chi connectivity index (χ1v) is 4.98. The molecule has 7 heteroatoms. The van der Waals surface area contributed by atoms with Gasteiger partial charge in [0.15, 0.2) is 0 Å². The average molecular weight is 258 g/mol. The molecule has 0 aliphatic rings. The lowest BCUT2D eigenvalue weighted by molar-refractivity contribution is -0.126. The van der Waals surface area contributed by atoms with Crippen LogP contribution in [0.2, 0.25) is 0 Å². The average Bonchev–Trinajstić information content (AvgIpc) is 2.28. The molecular formula is C11H12F2N2O3. The van der Waals surface area contributed by atoms with Crippen molar-refractivity contribution in [2.24, 2.45) is 0 Å². The summed E-state index contributed by atoms with van der Waals surface area (Å²) in [5.74, 6) is -1.53. The van der Waals surface area contributed by atoms with Gasteiger partial charge < -0.3 is 15.4 Å². The quantitative estimate of drug-likeness (QED) is 0.866. The minimum absolute atomic E-state index is 0.0639. The third kappa shape index (κ3) is 3.69. The number of alkyl halides is 2. The van der Waals surface area contributed by atoms with E-state index < -0.39 is 12.3 Å². The van der Waals surface area contributed by atoms with Crippen molar-refractivity contribution in [1.82, 2.24) is 0 Å². The van der Waals surface area contributed by atoms with Gasteiger partial charge in [0.25, 0.3) is 5.91 Å². The lowest BCUT2D eigenvalue weighted by Crippen LogP contribution is -2.20. The van der Waals surface area contributed by atoms with Crippen LogP contribution in [0.25, 0.3) is 0 Å². The molecule has 1 aromatic carbocycles. The molecule has 98 valence electrons. The van der Waals surface area contributed by atoms with Crippen LogP contribution >= 0.6 is 0 Å². The zero-order valence-electron chi connectivity index (χ0n) is 9.79. The number of amides is 2. The van der Waals surface area contributed by atoms with E-state index in [9.17, 15) is 18.4 Å². The highest BCUT2D eigenvalue weighted by molar-refractivity contribution is 5.96. The predicted octanol–water partition coefficient (Wildman–Crippen LogP) is 1.86. The second-order valence-corrected chi connectivity index (χ2v) is 3.39. The van der Waals surface area contributed by atoms with Crippen LogP contribution in [-0.2, 0) is 9.59 Å². The summed E-state index contributed by atoms with van der Waals surface area (Å²) in [4.78, 5) is 21.8. The van der Waals surface area contributed by atoms with Crippen LogP contribution in [0.3, 0.4) is 0 Å². The number of halogens is 2. The second-order valence-electron chi connectivity index (χ2n) is 3.39. The molecule has 0 atom stereocenters. The zero-order valence-corrected chi connectivity index (χ0v) is 9.79. The van der Waals surface area contributed by atoms with E-state index in [-0.39, 0.29) is 17.3 Å². The van der Waals surface area contributed by atoms with Crippen molar-refractivity contribution in [2.75, 3.05) is 17.7 Å². The molecule has 0 aromatic heterocycles. The minimum Gasteiger partial charge on any atom is -0.495 e. The second kappa shape index (κ2) is 5.95. The Labute approximate surface area is 102 Å². The zero-order chi connectivity index (χ0) is 13.7. The van der Waals surface area contributed by atoms with Gasteiger partial charge in [0.1, 0.15) is 5.75 Å². The third-order valence-corrected chi connectivity index (χ3v) is 1.98. The minimum atomic E-state index is -3.13. The van der Waals surface area contributed by atoms with Gasteiger partial charge in [-0.15, -0.1) is 0 Å². The number of carbonyl (C=O) groups is 2. The fourth-order valence-corrected chi connectivity index (χ4v) is 1.27. The van der Waals surface area contributed by atoms with E-state index in [1.54, 1.807) is 0 Å². The molecule has 0 bridgehead atoms. The highest BCUT2D eigenvalue weighted by Gasteiger charge is 2.17. The number of rotatable bonds is 4. The van der Waals surface area contributed by atoms with Gasteiger partial charge in [0, 0.05) is 12.6 Å². The number of nitrogens with one attached hydrogen (secondary N) is 2. The van der Waals surface area contributed by atoms with Crippen molar-refractivity contribution in [3.63, 3.8) is 0 Å². The van der Waals surface area contributed by atoms with Crippen molar-refractivity contribution in [2.45, 2.75) is 13.3 Å². The molecule has 0 saturated carbocycles. The van der Waals surface area contributed by atoms with Crippen LogP contribution in [0.15, 0.2) is 18.2 Å². The molecule has 0 fully saturated rings. The molecule has 0 heterocycles. The SMILES string of the molecule is COc1ccc(NC(C)=O)cc1NC(=O)C(F)F. The Morgan fingerprint density at radius 2 is 1.94 bits per heavy atom. The summed E-state index contributed by atoms with van der Waals surface area (Å²) in [5.41, 5.74) is 0.432. The maximum absolute atomic E-state index is 12.1. The molecule has 2 N–H and O–H groups in total. The van der Waals surface area contributed by atoms with Gasteiger partial charge in [-0.25, -0.2) is 0 Å². The van der Waals surface area contributed by atoms with Gasteiger partial charge >= 0.3 is 6.43 Å². The molecule has 0 aliphatic heterocycles. The number of hydrogen-bond acceptors (Lipinski definition) is 3. The smallest absolute Gasteiger partial charge is 0.315 e. The molecule has 0 saturated heterocycles. The van der Waals surface area contributed by atoms with Crippen molar-refractivity contribution in [3.8, 4) is 5.75 Å². The summed E-state index contributed by atoms with van der Waals surface area (Å²) in [5, 5.41) is 4.47. The molecule has 1 aromatic rings. The Kier molecular flexibility index (Phi) is 4.59. The molecular weight excluding hydrogens is 246 g/mol. The van der Waals surface area contributed by atoms with Crippen LogP contribution in [0.1, 0.15) is 6.92 Å². The van der Waals surface area contributed by atoms with Crippen LogP contribution in [0, 0.1) is 0 Å². The van der Waals surface area contributed by atoms with E-state index in [1.807, 2.05) is 5.32 Å². The maximum atomic E-state index is 12.1. The normalized spacial score (nSPS) is 10.1. The van der Waals surface area contributed by atoms with Gasteiger partial charge in [-0.1, -0.05) is 0 Å². The topological polar surface area (TPSA) is 67.4 Å². The van der Waals surface area contributed by atoms with Gasteiger partial charge in [-0.05, 0) is 18.2 Å². The first-order valence-electron chi connectivity index (χ1n) is 4.98. The van der Waals surface area contributed by atoms with Crippen LogP contribution in [0.4, 0.5) is 20.2 Å². The predicted molar refractivity (Wildman–Crippen MR) is 61.9 cm³/mol. The largest absolute Gasteiger partial charge is 0.495 e. The Morgan fingerprint density at radius 3 is 2.44 bits per heavy atom. The summed E-state index contributed by atoms with van der Waals surface area (Å²) in [6.07, 6.45) is -3.13. The molecule has 1 rings (SSSR count). The number of hydrogen-bond donors (Lipinski definition) is 2. The van der Waals surface area contributed by atoms with Crippen molar-refractivity contribution in [3.05, 3.63) is 18.2 Å². The summed E-state index contributed by atoms with van der Waals surface area (Å²) in [6.45, 7) is 1.31. The Balaban J connectivity index is 2.98. The van der Waals surface area contributed by atoms with E-state index in [4.69, 9.17) is 4.74 Å². The van der Waals surface area contributed by atoms with E-state index in [2.05, 4.69) is 5.32 Å². The summed E-state index contributed by atoms with van der Waals surface area (Å²) in [6, 6.07) is 4.31. The Hall–Kier alpha value is -2.18. The van der Waals surface area contributed by atoms with Gasteiger partial charge in [-0.2, -0.15) is 8.78 Å². The third-order valence-electron chi connectivity index (χ3n) is 1.98. The van der Waals surface area contributed by atoms with Crippen LogP contribution in [0.5, 0.6) is 5.75 Å². The van der Waals surface area contributed by atoms with Gasteiger partial charge in [0.05, 0.1) is 12.8 Å². The summed E-state index contributed by atoms with van der Waals surface area (Å²) < 4.78 is 29.2.